The number of hydrogen-bond donors (Lipinski definition) is 2. The molecule has 0 radical (unpaired) electrons. The smallest absolute Gasteiger partial charge is 0.223 e. The number of hydrogen-bond acceptors (Lipinski definition) is 4. The third kappa shape index (κ3) is 2.71. The van der Waals surface area contributed by atoms with Crippen LogP contribution < -0.4 is 5.32 Å². The third-order valence-electron chi connectivity index (χ3n) is 5.74. The Balaban J connectivity index is 1.71. The van der Waals surface area contributed by atoms with Crippen molar-refractivity contribution in [3.8, 4) is 0 Å². The van der Waals surface area contributed by atoms with E-state index in [0.717, 1.165) is 12.8 Å². The van der Waals surface area contributed by atoms with Crippen molar-refractivity contribution in [3.63, 3.8) is 0 Å². The second kappa shape index (κ2) is 5.71. The molecule has 3 aliphatic heterocycles. The molecule has 0 aromatic carbocycles. The molecule has 4 fully saturated rings. The fraction of sp³-hybridized carbons (Fsp3) is 0.944. The zero-order valence-corrected chi connectivity index (χ0v) is 14.9. The Morgan fingerprint density at radius 3 is 2.09 bits per heavy atom. The average molecular weight is 325 g/mol. The topological polar surface area (TPSA) is 67.8 Å². The molecule has 0 unspecified atom stereocenters. The number of aliphatic hydroxyl groups excluding tert-OH is 1. The Morgan fingerprint density at radius 1 is 1.13 bits per heavy atom. The molecular weight excluding hydrogens is 294 g/mol. The van der Waals surface area contributed by atoms with Crippen molar-refractivity contribution < 1.29 is 19.4 Å². The highest BCUT2D eigenvalue weighted by atomic mass is 16.6. The lowest BCUT2D eigenvalue weighted by Crippen LogP contribution is -2.72. The van der Waals surface area contributed by atoms with Crippen molar-refractivity contribution >= 4 is 5.91 Å². The minimum absolute atomic E-state index is 0.0216. The summed E-state index contributed by atoms with van der Waals surface area (Å²) in [6, 6.07) is 0. The Kier molecular flexibility index (Phi) is 4.27. The molecule has 1 saturated carbocycles. The molecule has 0 aromatic heterocycles. The fourth-order valence-electron chi connectivity index (χ4n) is 4.71. The van der Waals surface area contributed by atoms with E-state index >= 15 is 0 Å². The van der Waals surface area contributed by atoms with Gasteiger partial charge >= 0.3 is 0 Å². The predicted octanol–water partition coefficient (Wildman–Crippen LogP) is 1.87. The second-order valence-electron chi connectivity index (χ2n) is 8.81. The van der Waals surface area contributed by atoms with E-state index in [4.69, 9.17) is 9.47 Å². The van der Waals surface area contributed by atoms with E-state index in [1.54, 1.807) is 0 Å². The molecule has 3 saturated heterocycles. The van der Waals surface area contributed by atoms with Gasteiger partial charge in [0.1, 0.15) is 5.60 Å². The number of aliphatic hydroxyl groups is 1. The molecule has 4 aliphatic rings. The quantitative estimate of drug-likeness (QED) is 0.750. The van der Waals surface area contributed by atoms with Gasteiger partial charge in [-0.2, -0.15) is 0 Å². The van der Waals surface area contributed by atoms with E-state index in [1.807, 2.05) is 0 Å². The Morgan fingerprint density at radius 2 is 1.70 bits per heavy atom. The summed E-state index contributed by atoms with van der Waals surface area (Å²) in [6.07, 6.45) is 3.24. The van der Waals surface area contributed by atoms with Crippen molar-refractivity contribution in [2.45, 2.75) is 70.1 Å². The molecule has 0 aromatic rings. The second-order valence-corrected chi connectivity index (χ2v) is 8.81. The van der Waals surface area contributed by atoms with Crippen LogP contribution in [0.3, 0.4) is 0 Å². The lowest BCUT2D eigenvalue weighted by atomic mass is 9.61. The summed E-state index contributed by atoms with van der Waals surface area (Å²) in [7, 11) is 0. The van der Waals surface area contributed by atoms with Crippen LogP contribution in [0.15, 0.2) is 0 Å². The number of carbonyl (C=O) groups excluding carboxylic acids is 1. The maximum absolute atomic E-state index is 13.0. The highest BCUT2D eigenvalue weighted by Gasteiger charge is 2.77. The van der Waals surface area contributed by atoms with E-state index < -0.39 is 11.2 Å². The van der Waals surface area contributed by atoms with Crippen LogP contribution in [0.2, 0.25) is 0 Å². The summed E-state index contributed by atoms with van der Waals surface area (Å²) in [5, 5.41) is 13.0. The van der Waals surface area contributed by atoms with E-state index in [9.17, 15) is 9.90 Å². The van der Waals surface area contributed by atoms with Crippen LogP contribution in [-0.4, -0.2) is 47.6 Å². The maximum atomic E-state index is 13.0. The van der Waals surface area contributed by atoms with Gasteiger partial charge in [0.25, 0.3) is 0 Å². The first kappa shape index (κ1) is 17.2. The van der Waals surface area contributed by atoms with Gasteiger partial charge in [-0.25, -0.2) is 0 Å². The molecule has 3 heterocycles. The third-order valence-corrected chi connectivity index (χ3v) is 5.74. The molecule has 0 atom stereocenters. The minimum atomic E-state index is -0.456. The largest absolute Gasteiger partial charge is 0.393 e. The zero-order valence-electron chi connectivity index (χ0n) is 14.9. The Labute approximate surface area is 139 Å². The average Bonchev–Trinajstić information content (AvgIpc) is 2.82. The number of amides is 1. The summed E-state index contributed by atoms with van der Waals surface area (Å²) in [4.78, 5) is 13.0. The number of ether oxygens (including phenoxy) is 2. The lowest BCUT2D eigenvalue weighted by Gasteiger charge is -2.51. The minimum Gasteiger partial charge on any atom is -0.393 e. The van der Waals surface area contributed by atoms with Crippen LogP contribution >= 0.6 is 0 Å². The van der Waals surface area contributed by atoms with E-state index in [2.05, 4.69) is 33.0 Å². The van der Waals surface area contributed by atoms with Crippen LogP contribution in [0.4, 0.5) is 0 Å². The SMILES string of the molecule is CC(C)CC(CC(C)C)C(=O)NC12CC(CO)(C1)OC21COC1. The van der Waals surface area contributed by atoms with Crippen LogP contribution in [0.1, 0.15) is 53.4 Å². The molecule has 23 heavy (non-hydrogen) atoms. The summed E-state index contributed by atoms with van der Waals surface area (Å²) >= 11 is 0. The Bertz CT molecular complexity index is 454. The zero-order chi connectivity index (χ0) is 16.9. The molecule has 1 amide bonds. The molecule has 1 spiro atoms. The highest BCUT2D eigenvalue weighted by molar-refractivity contribution is 5.80. The van der Waals surface area contributed by atoms with Gasteiger partial charge in [0.05, 0.1) is 31.0 Å². The summed E-state index contributed by atoms with van der Waals surface area (Å²) in [5.74, 6) is 1.20. The van der Waals surface area contributed by atoms with E-state index in [-0.39, 0.29) is 24.0 Å². The lowest BCUT2D eigenvalue weighted by molar-refractivity contribution is -0.212. The van der Waals surface area contributed by atoms with Gasteiger partial charge < -0.3 is 19.9 Å². The van der Waals surface area contributed by atoms with Crippen molar-refractivity contribution in [1.82, 2.24) is 5.32 Å². The van der Waals surface area contributed by atoms with Crippen molar-refractivity contribution in [2.24, 2.45) is 17.8 Å². The molecule has 2 N–H and O–H groups in total. The number of carbonyl (C=O) groups is 1. The van der Waals surface area contributed by atoms with Gasteiger partial charge in [-0.3, -0.25) is 4.79 Å². The van der Waals surface area contributed by atoms with E-state index in [1.165, 1.54) is 0 Å². The molecule has 1 aliphatic carbocycles. The van der Waals surface area contributed by atoms with Gasteiger partial charge in [-0.15, -0.1) is 0 Å². The monoisotopic (exact) mass is 325 g/mol. The highest BCUT2D eigenvalue weighted by Crippen LogP contribution is 2.62. The first-order valence-electron chi connectivity index (χ1n) is 8.96. The number of rotatable bonds is 7. The molecule has 5 nitrogen and oxygen atoms in total. The fourth-order valence-corrected chi connectivity index (χ4v) is 4.71. The normalized spacial score (nSPS) is 34.1. The van der Waals surface area contributed by atoms with Crippen LogP contribution in [-0.2, 0) is 14.3 Å². The van der Waals surface area contributed by atoms with Gasteiger partial charge in [0.15, 0.2) is 0 Å². The van der Waals surface area contributed by atoms with Gasteiger partial charge in [-0.05, 0) is 24.7 Å². The first-order chi connectivity index (χ1) is 10.8. The van der Waals surface area contributed by atoms with Crippen molar-refractivity contribution in [1.29, 1.82) is 0 Å². The van der Waals surface area contributed by atoms with Crippen molar-refractivity contribution in [3.05, 3.63) is 0 Å². The summed E-state index contributed by atoms with van der Waals surface area (Å²) < 4.78 is 11.5. The van der Waals surface area contributed by atoms with Crippen molar-refractivity contribution in [2.75, 3.05) is 19.8 Å². The van der Waals surface area contributed by atoms with Crippen LogP contribution in [0, 0.1) is 17.8 Å². The molecule has 2 bridgehead atoms. The van der Waals surface area contributed by atoms with Crippen LogP contribution in [0.5, 0.6) is 0 Å². The first-order valence-corrected chi connectivity index (χ1v) is 8.96. The van der Waals surface area contributed by atoms with Gasteiger partial charge in [0.2, 0.25) is 5.91 Å². The molecule has 132 valence electrons. The maximum Gasteiger partial charge on any atom is 0.223 e. The summed E-state index contributed by atoms with van der Waals surface area (Å²) in [6.45, 7) is 9.73. The molecular formula is C18H31NO4. The van der Waals surface area contributed by atoms with Gasteiger partial charge in [0, 0.05) is 18.8 Å². The number of nitrogens with one attached hydrogen (secondary N) is 1. The van der Waals surface area contributed by atoms with Gasteiger partial charge in [-0.1, -0.05) is 27.7 Å². The molecule has 5 heteroatoms. The molecule has 4 rings (SSSR count). The summed E-state index contributed by atoms with van der Waals surface area (Å²) in [5.41, 5.74) is -1.20. The Hall–Kier alpha value is -0.650. The predicted molar refractivity (Wildman–Crippen MR) is 87.0 cm³/mol. The van der Waals surface area contributed by atoms with E-state index in [0.29, 0.717) is 37.9 Å². The standard InChI is InChI=1S/C18H31NO4/c1-12(2)5-14(6-13(3)4)15(21)19-17-7-16(8-17,9-20)23-18(17)10-22-11-18/h12-14,20H,5-11H2,1-4H3,(H,19,21). The van der Waals surface area contributed by atoms with Crippen LogP contribution in [0.25, 0.3) is 0 Å².